The molecule has 9 heteroatoms. The summed E-state index contributed by atoms with van der Waals surface area (Å²) in [5.74, 6) is -6.66. The summed E-state index contributed by atoms with van der Waals surface area (Å²) < 4.78 is 16.1. The van der Waals surface area contributed by atoms with Gasteiger partial charge in [0.2, 0.25) is 0 Å². The molecule has 3 nitrogen and oxygen atoms in total. The van der Waals surface area contributed by atoms with E-state index < -0.39 is 22.2 Å². The fourth-order valence-electron chi connectivity index (χ4n) is 1.30. The standard InChI is InChI=1S/C9H19Cl4NO2P2/c1-5-8(4,18(12,13)16)14-17(10,11)9(15,6-2)7-3/h15H,5-7H2,1-4H3. The smallest absolute Gasteiger partial charge is 0.279 e. The number of hydrogen-bond donors (Lipinski definition) is 1. The van der Waals surface area contributed by atoms with Gasteiger partial charge in [0.25, 0.3) is 5.85 Å². The molecule has 0 aromatic heterocycles. The lowest BCUT2D eigenvalue weighted by Crippen LogP contribution is -2.25. The number of aliphatic hydroxyl groups is 1. The highest BCUT2D eigenvalue weighted by molar-refractivity contribution is 8.12. The first-order chi connectivity index (χ1) is 7.89. The van der Waals surface area contributed by atoms with Crippen molar-refractivity contribution in [2.75, 3.05) is 0 Å². The molecule has 0 radical (unpaired) electrons. The molecule has 0 bridgehead atoms. The molecule has 1 unspecified atom stereocenters. The van der Waals surface area contributed by atoms with Crippen LogP contribution in [0.5, 0.6) is 0 Å². The summed E-state index contributed by atoms with van der Waals surface area (Å²) in [6.45, 7) is 6.82. The van der Waals surface area contributed by atoms with Crippen molar-refractivity contribution in [2.45, 2.75) is 57.6 Å². The molecule has 0 saturated heterocycles. The first kappa shape index (κ1) is 19.6. The first-order valence-electron chi connectivity index (χ1n) is 5.64. The summed E-state index contributed by atoms with van der Waals surface area (Å²) in [6, 6.07) is 0. The molecule has 0 rings (SSSR count). The van der Waals surface area contributed by atoms with Crippen LogP contribution in [0.15, 0.2) is 4.74 Å². The second-order valence-electron chi connectivity index (χ2n) is 4.31. The molecule has 0 aliphatic carbocycles. The Kier molecular flexibility index (Phi) is 7.14. The normalized spacial score (nSPS) is 17.4. The first-order valence-corrected chi connectivity index (χ1v) is 12.7. The van der Waals surface area contributed by atoms with Crippen LogP contribution in [0.4, 0.5) is 0 Å². The molecule has 0 heterocycles. The lowest BCUT2D eigenvalue weighted by Gasteiger charge is -2.35. The van der Waals surface area contributed by atoms with Gasteiger partial charge in [-0.2, -0.15) is 0 Å². The zero-order valence-corrected chi connectivity index (χ0v) is 15.6. The van der Waals surface area contributed by atoms with Gasteiger partial charge < -0.3 is 5.11 Å². The van der Waals surface area contributed by atoms with Crippen LogP contribution >= 0.6 is 56.6 Å². The van der Waals surface area contributed by atoms with Crippen molar-refractivity contribution in [3.8, 4) is 0 Å². The van der Waals surface area contributed by atoms with Crippen LogP contribution < -0.4 is 0 Å². The van der Waals surface area contributed by atoms with Crippen molar-refractivity contribution in [1.29, 1.82) is 0 Å². The fourth-order valence-corrected chi connectivity index (χ4v) is 8.19. The molecular formula is C9H19Cl4NO2P2. The maximum absolute atomic E-state index is 11.9. The summed E-state index contributed by atoms with van der Waals surface area (Å²) in [5, 5.41) is 7.84. The van der Waals surface area contributed by atoms with Gasteiger partial charge in [0.1, 0.15) is 10.6 Å². The highest BCUT2D eigenvalue weighted by Gasteiger charge is 2.46. The van der Waals surface area contributed by atoms with Gasteiger partial charge in [-0.1, -0.05) is 43.3 Å². The van der Waals surface area contributed by atoms with E-state index in [9.17, 15) is 9.67 Å². The minimum atomic E-state index is -3.55. The van der Waals surface area contributed by atoms with E-state index in [1.165, 1.54) is 0 Å². The summed E-state index contributed by atoms with van der Waals surface area (Å²) in [4.78, 5) is 0. The summed E-state index contributed by atoms with van der Waals surface area (Å²) in [6.07, 6.45) is 1.02. The van der Waals surface area contributed by atoms with Gasteiger partial charge in [-0.3, -0.25) is 9.31 Å². The van der Waals surface area contributed by atoms with E-state index >= 15 is 0 Å². The van der Waals surface area contributed by atoms with Gasteiger partial charge in [0.15, 0.2) is 5.76 Å². The van der Waals surface area contributed by atoms with Gasteiger partial charge in [0.05, 0.1) is 0 Å². The van der Waals surface area contributed by atoms with Gasteiger partial charge >= 0.3 is 0 Å². The molecule has 0 aromatic carbocycles. The molecule has 1 atom stereocenters. The summed E-state index contributed by atoms with van der Waals surface area (Å²) in [7, 11) is 0. The predicted octanol–water partition coefficient (Wildman–Crippen LogP) is 6.80. The second kappa shape index (κ2) is 6.56. The van der Waals surface area contributed by atoms with Crippen molar-refractivity contribution in [1.82, 2.24) is 0 Å². The molecule has 0 saturated carbocycles. The van der Waals surface area contributed by atoms with Crippen molar-refractivity contribution < 1.29 is 9.67 Å². The SMILES string of the molecule is CCC(C)(N=P(Cl)(Cl)C(O)(CC)CC)P(=O)(Cl)Cl. The van der Waals surface area contributed by atoms with Crippen LogP contribution in [-0.4, -0.2) is 15.7 Å². The van der Waals surface area contributed by atoms with Crippen LogP contribution in [0.3, 0.4) is 0 Å². The van der Waals surface area contributed by atoms with Crippen LogP contribution in [0, 0.1) is 0 Å². The Hall–Kier alpha value is 1.58. The summed E-state index contributed by atoms with van der Waals surface area (Å²) >= 11 is 23.9. The third-order valence-corrected chi connectivity index (χ3v) is 11.8. The molecule has 0 aromatic rings. The van der Waals surface area contributed by atoms with Crippen molar-refractivity contribution in [2.24, 2.45) is 4.74 Å². The van der Waals surface area contributed by atoms with Gasteiger partial charge in [-0.25, -0.2) is 0 Å². The lowest BCUT2D eigenvalue weighted by molar-refractivity contribution is 0.123. The molecular weight excluding hydrogens is 358 g/mol. The zero-order chi connectivity index (χ0) is 14.8. The lowest BCUT2D eigenvalue weighted by atomic mass is 10.2. The molecule has 0 aliphatic heterocycles. The zero-order valence-electron chi connectivity index (χ0n) is 10.8. The Morgan fingerprint density at radius 1 is 1.06 bits per heavy atom. The number of rotatable bonds is 6. The van der Waals surface area contributed by atoms with Gasteiger partial charge in [-0.15, -0.1) is 0 Å². The molecule has 0 fully saturated rings. The van der Waals surface area contributed by atoms with Crippen molar-refractivity contribution in [3.05, 3.63) is 0 Å². The van der Waals surface area contributed by atoms with Crippen LogP contribution in [-0.2, 0) is 4.57 Å². The highest BCUT2D eigenvalue weighted by Crippen LogP contribution is 2.77. The molecule has 110 valence electrons. The van der Waals surface area contributed by atoms with E-state index in [4.69, 9.17) is 45.0 Å². The monoisotopic (exact) mass is 375 g/mol. The van der Waals surface area contributed by atoms with Crippen LogP contribution in [0.25, 0.3) is 0 Å². The Morgan fingerprint density at radius 3 is 1.67 bits per heavy atom. The summed E-state index contributed by atoms with van der Waals surface area (Å²) in [5.41, 5.74) is 0. The topological polar surface area (TPSA) is 49.7 Å². The van der Waals surface area contributed by atoms with Crippen LogP contribution in [0.2, 0.25) is 0 Å². The van der Waals surface area contributed by atoms with E-state index in [1.54, 1.807) is 27.7 Å². The average molecular weight is 377 g/mol. The minimum Gasteiger partial charge on any atom is -0.381 e. The number of hydrogen-bond acceptors (Lipinski definition) is 3. The quantitative estimate of drug-likeness (QED) is 0.518. The van der Waals surface area contributed by atoms with Crippen LogP contribution in [0.1, 0.15) is 47.0 Å². The molecule has 0 spiro atoms. The molecule has 18 heavy (non-hydrogen) atoms. The third kappa shape index (κ3) is 4.04. The fraction of sp³-hybridized carbons (Fsp3) is 1.00. The van der Waals surface area contributed by atoms with Gasteiger partial charge in [0, 0.05) is 0 Å². The van der Waals surface area contributed by atoms with E-state index in [0.29, 0.717) is 19.3 Å². The maximum atomic E-state index is 11.9. The van der Waals surface area contributed by atoms with E-state index in [0.717, 1.165) is 0 Å². The largest absolute Gasteiger partial charge is 0.381 e. The molecule has 0 amide bonds. The van der Waals surface area contributed by atoms with Gasteiger partial charge in [-0.05, 0) is 48.7 Å². The van der Waals surface area contributed by atoms with E-state index in [-0.39, 0.29) is 0 Å². The molecule has 0 aliphatic rings. The third-order valence-electron chi connectivity index (χ3n) is 3.20. The minimum absolute atomic E-state index is 0.321. The van der Waals surface area contributed by atoms with Crippen molar-refractivity contribution in [3.63, 3.8) is 0 Å². The number of halogens is 4. The highest BCUT2D eigenvalue weighted by atomic mass is 35.9. The molecule has 1 N–H and O–H groups in total. The van der Waals surface area contributed by atoms with E-state index in [2.05, 4.69) is 4.74 Å². The Labute approximate surface area is 128 Å². The maximum Gasteiger partial charge on any atom is 0.279 e. The Bertz CT molecular complexity index is 388. The average Bonchev–Trinajstić information content (AvgIpc) is 2.25. The number of nitrogens with zero attached hydrogens (tertiary/aromatic N) is 1. The van der Waals surface area contributed by atoms with E-state index in [1.807, 2.05) is 0 Å². The Balaban J connectivity index is 5.86. The van der Waals surface area contributed by atoms with Crippen molar-refractivity contribution >= 4 is 56.6 Å². The predicted molar refractivity (Wildman–Crippen MR) is 84.6 cm³/mol. The second-order valence-corrected chi connectivity index (χ2v) is 15.0. The Morgan fingerprint density at radius 2 is 1.44 bits per heavy atom.